The molecule has 13 heteroatoms. The molecule has 0 saturated carbocycles. The van der Waals surface area contributed by atoms with E-state index in [9.17, 15) is 27.9 Å². The second kappa shape index (κ2) is 10.5. The van der Waals surface area contributed by atoms with E-state index in [0.717, 1.165) is 5.56 Å². The van der Waals surface area contributed by atoms with Gasteiger partial charge in [0, 0.05) is 29.2 Å². The van der Waals surface area contributed by atoms with E-state index in [4.69, 9.17) is 9.84 Å². The van der Waals surface area contributed by atoms with Gasteiger partial charge in [-0.15, -0.1) is 11.3 Å². The Morgan fingerprint density at radius 1 is 1.08 bits per heavy atom. The molecule has 0 aliphatic rings. The minimum atomic E-state index is -4.75. The highest BCUT2D eigenvalue weighted by atomic mass is 32.1. The number of benzene rings is 2. The van der Waals surface area contributed by atoms with Gasteiger partial charge in [-0.2, -0.15) is 13.2 Å². The lowest BCUT2D eigenvalue weighted by Gasteiger charge is -2.11. The number of rotatable bonds is 7. The number of aromatic nitrogens is 3. The van der Waals surface area contributed by atoms with Crippen molar-refractivity contribution < 1.29 is 37.7 Å². The first-order valence-electron chi connectivity index (χ1n) is 10.9. The van der Waals surface area contributed by atoms with Crippen LogP contribution >= 0.6 is 11.3 Å². The predicted molar refractivity (Wildman–Crippen MR) is 131 cm³/mol. The van der Waals surface area contributed by atoms with Crippen LogP contribution in [0.3, 0.4) is 0 Å². The first-order chi connectivity index (χ1) is 17.9. The van der Waals surface area contributed by atoms with Crippen LogP contribution in [0.5, 0.6) is 11.5 Å². The molecule has 9 nitrogen and oxygen atoms in total. The molecule has 3 N–H and O–H groups in total. The smallest absolute Gasteiger partial charge is 0.435 e. The fourth-order valence-corrected chi connectivity index (χ4v) is 4.25. The van der Waals surface area contributed by atoms with Crippen molar-refractivity contribution >= 4 is 28.9 Å². The van der Waals surface area contributed by atoms with Gasteiger partial charge >= 0.3 is 12.1 Å². The summed E-state index contributed by atoms with van der Waals surface area (Å²) in [5.41, 5.74) is 0.626. The summed E-state index contributed by atoms with van der Waals surface area (Å²) in [4.78, 5) is 35.3. The molecule has 38 heavy (non-hydrogen) atoms. The van der Waals surface area contributed by atoms with Crippen LogP contribution < -0.4 is 10.1 Å². The van der Waals surface area contributed by atoms with Crippen molar-refractivity contribution in [2.24, 2.45) is 0 Å². The van der Waals surface area contributed by atoms with Crippen molar-refractivity contribution in [1.82, 2.24) is 15.0 Å². The molecule has 2 heterocycles. The summed E-state index contributed by atoms with van der Waals surface area (Å²) in [5.74, 6) is -2.06. The standard InChI is InChI=1S/C25H19F3N4O5S/c1-12-3-4-15(32-23(34)20-21(25(26,27)28)31-13(2)38-20)7-17(12)22-29-9-14(10-30-22)11-37-16-5-6-19(33)18(8-16)24(35)36/h3-10,33H,11H2,1-2H3,(H,32,34)(H,35,36). The van der Waals surface area contributed by atoms with Gasteiger partial charge in [0.15, 0.2) is 11.5 Å². The Bertz CT molecular complexity index is 1520. The van der Waals surface area contributed by atoms with Gasteiger partial charge < -0.3 is 20.3 Å². The van der Waals surface area contributed by atoms with Crippen LogP contribution in [0, 0.1) is 13.8 Å². The van der Waals surface area contributed by atoms with Gasteiger partial charge in [-0.05, 0) is 49.7 Å². The van der Waals surface area contributed by atoms with Crippen molar-refractivity contribution in [3.05, 3.63) is 81.1 Å². The zero-order chi connectivity index (χ0) is 27.6. The zero-order valence-electron chi connectivity index (χ0n) is 19.8. The molecule has 1 amide bonds. The number of carboxylic acid groups (broad SMARTS) is 1. The van der Waals surface area contributed by atoms with E-state index in [-0.39, 0.29) is 34.4 Å². The molecule has 2 aromatic heterocycles. The van der Waals surface area contributed by atoms with Crippen molar-refractivity contribution in [1.29, 1.82) is 0 Å². The number of carboxylic acids is 1. The minimum Gasteiger partial charge on any atom is -0.507 e. The van der Waals surface area contributed by atoms with Crippen molar-refractivity contribution in [2.45, 2.75) is 26.6 Å². The molecule has 0 aliphatic carbocycles. The van der Waals surface area contributed by atoms with Crippen LogP contribution in [0.4, 0.5) is 18.9 Å². The van der Waals surface area contributed by atoms with Crippen LogP contribution in [0.1, 0.15) is 41.9 Å². The molecule has 2 aromatic carbocycles. The number of halogens is 3. The number of aryl methyl sites for hydroxylation is 2. The van der Waals surface area contributed by atoms with Crippen molar-refractivity contribution in [2.75, 3.05) is 5.32 Å². The first-order valence-corrected chi connectivity index (χ1v) is 11.7. The fraction of sp³-hybridized carbons (Fsp3) is 0.160. The highest BCUT2D eigenvalue weighted by molar-refractivity contribution is 7.13. The van der Waals surface area contributed by atoms with E-state index in [1.54, 1.807) is 25.1 Å². The number of thiazole rings is 1. The molecular formula is C25H19F3N4O5S. The molecule has 0 unspecified atom stereocenters. The third-order valence-electron chi connectivity index (χ3n) is 5.25. The topological polar surface area (TPSA) is 135 Å². The van der Waals surface area contributed by atoms with E-state index in [1.165, 1.54) is 37.5 Å². The molecule has 4 rings (SSSR count). The number of phenols is 1. The fourth-order valence-electron chi connectivity index (χ4n) is 3.41. The summed E-state index contributed by atoms with van der Waals surface area (Å²) in [5, 5.41) is 21.3. The van der Waals surface area contributed by atoms with Gasteiger partial charge in [0.1, 0.15) is 28.5 Å². The maximum absolute atomic E-state index is 13.3. The number of anilines is 1. The molecule has 0 fully saturated rings. The maximum atomic E-state index is 13.3. The number of carbonyl (C=O) groups excluding carboxylic acids is 1. The Labute approximate surface area is 217 Å². The molecule has 0 radical (unpaired) electrons. The number of hydrogen-bond donors (Lipinski definition) is 3. The summed E-state index contributed by atoms with van der Waals surface area (Å²) in [7, 11) is 0. The van der Waals surface area contributed by atoms with Gasteiger partial charge in [-0.1, -0.05) is 6.07 Å². The van der Waals surface area contributed by atoms with Crippen LogP contribution in [-0.4, -0.2) is 37.0 Å². The Hall–Kier alpha value is -4.52. The number of aromatic hydroxyl groups is 1. The lowest BCUT2D eigenvalue weighted by Crippen LogP contribution is -2.17. The molecule has 0 atom stereocenters. The van der Waals surface area contributed by atoms with Gasteiger partial charge in [-0.25, -0.2) is 19.7 Å². The van der Waals surface area contributed by atoms with E-state index >= 15 is 0 Å². The number of ether oxygens (including phenoxy) is 1. The molecule has 0 aliphatic heterocycles. The zero-order valence-corrected chi connectivity index (χ0v) is 20.6. The Kier molecular flexibility index (Phi) is 7.30. The number of amides is 1. The van der Waals surface area contributed by atoms with Gasteiger partial charge in [0.05, 0.1) is 5.01 Å². The molecule has 4 aromatic rings. The summed E-state index contributed by atoms with van der Waals surface area (Å²) in [6.45, 7) is 3.21. The summed E-state index contributed by atoms with van der Waals surface area (Å²) in [6, 6.07) is 8.63. The number of nitrogens with one attached hydrogen (secondary N) is 1. The maximum Gasteiger partial charge on any atom is 0.435 e. The van der Waals surface area contributed by atoms with E-state index in [1.807, 2.05) is 0 Å². The molecule has 0 spiro atoms. The summed E-state index contributed by atoms with van der Waals surface area (Å²) >= 11 is 0.659. The average Bonchev–Trinajstić information content (AvgIpc) is 3.27. The first kappa shape index (κ1) is 26.5. The van der Waals surface area contributed by atoms with E-state index in [2.05, 4.69) is 20.3 Å². The summed E-state index contributed by atoms with van der Waals surface area (Å²) in [6.07, 6.45) is -1.75. The van der Waals surface area contributed by atoms with Crippen LogP contribution in [0.25, 0.3) is 11.4 Å². The number of nitrogens with zero attached hydrogens (tertiary/aromatic N) is 3. The lowest BCUT2D eigenvalue weighted by molar-refractivity contribution is -0.141. The van der Waals surface area contributed by atoms with Crippen molar-refractivity contribution in [3.63, 3.8) is 0 Å². The average molecular weight is 545 g/mol. The second-order valence-corrected chi connectivity index (χ2v) is 9.28. The SMILES string of the molecule is Cc1nc(C(F)(F)F)c(C(=O)Nc2ccc(C)c(-c3ncc(COc4ccc(O)c(C(=O)O)c4)cn3)c2)s1. The highest BCUT2D eigenvalue weighted by Gasteiger charge is 2.39. The Morgan fingerprint density at radius 3 is 2.45 bits per heavy atom. The van der Waals surface area contributed by atoms with Crippen LogP contribution in [0.15, 0.2) is 48.8 Å². The monoisotopic (exact) mass is 544 g/mol. The van der Waals surface area contributed by atoms with Crippen molar-refractivity contribution in [3.8, 4) is 22.9 Å². The number of aromatic carboxylic acids is 1. The molecule has 0 saturated heterocycles. The lowest BCUT2D eigenvalue weighted by atomic mass is 10.1. The summed E-state index contributed by atoms with van der Waals surface area (Å²) < 4.78 is 45.3. The third-order valence-corrected chi connectivity index (χ3v) is 6.22. The van der Waals surface area contributed by atoms with Crippen LogP contribution in [-0.2, 0) is 12.8 Å². The van der Waals surface area contributed by atoms with E-state index in [0.29, 0.717) is 28.3 Å². The van der Waals surface area contributed by atoms with Gasteiger partial charge in [0.25, 0.3) is 5.91 Å². The Morgan fingerprint density at radius 2 is 1.79 bits per heavy atom. The Balaban J connectivity index is 1.49. The third kappa shape index (κ3) is 5.89. The number of carbonyl (C=O) groups is 2. The number of alkyl halides is 3. The highest BCUT2D eigenvalue weighted by Crippen LogP contribution is 2.35. The second-order valence-electron chi connectivity index (χ2n) is 8.08. The quantitative estimate of drug-likeness (QED) is 0.279. The van der Waals surface area contributed by atoms with Gasteiger partial charge in [0.2, 0.25) is 0 Å². The minimum absolute atomic E-state index is 0.0228. The van der Waals surface area contributed by atoms with E-state index < -0.39 is 28.6 Å². The molecular weight excluding hydrogens is 525 g/mol. The normalized spacial score (nSPS) is 11.3. The molecule has 0 bridgehead atoms. The largest absolute Gasteiger partial charge is 0.507 e. The predicted octanol–water partition coefficient (Wildman–Crippen LogP) is 5.47. The number of hydrogen-bond acceptors (Lipinski definition) is 8. The van der Waals surface area contributed by atoms with Crippen LogP contribution in [0.2, 0.25) is 0 Å². The molecule has 196 valence electrons. The van der Waals surface area contributed by atoms with Gasteiger partial charge in [-0.3, -0.25) is 4.79 Å².